The number of carbonyl (C=O) groups excluding carboxylic acids is 1. The van der Waals surface area contributed by atoms with Gasteiger partial charge in [-0.15, -0.1) is 0 Å². The number of nitrogens with one attached hydrogen (secondary N) is 2. The summed E-state index contributed by atoms with van der Waals surface area (Å²) in [7, 11) is 0. The molecule has 0 aliphatic rings. The Morgan fingerprint density at radius 2 is 2.00 bits per heavy atom. The number of amides is 1. The molecule has 6 nitrogen and oxygen atoms in total. The van der Waals surface area contributed by atoms with Gasteiger partial charge < -0.3 is 20.3 Å². The lowest BCUT2D eigenvalue weighted by Crippen LogP contribution is -2.50. The first kappa shape index (κ1) is 18.6. The number of aromatic nitrogens is 1. The van der Waals surface area contributed by atoms with E-state index in [1.807, 2.05) is 6.92 Å². The van der Waals surface area contributed by atoms with E-state index in [4.69, 9.17) is 9.63 Å². The Labute approximate surface area is 132 Å². The number of aliphatic hydroxyl groups excluding tert-OH is 1. The molecule has 0 saturated heterocycles. The summed E-state index contributed by atoms with van der Waals surface area (Å²) < 4.78 is 4.98. The molecule has 126 valence electrons. The zero-order chi connectivity index (χ0) is 16.8. The van der Waals surface area contributed by atoms with Crippen molar-refractivity contribution in [3.05, 3.63) is 17.0 Å². The average molecular weight is 311 g/mol. The summed E-state index contributed by atoms with van der Waals surface area (Å²) in [5.74, 6) is 0.0823. The predicted octanol–water partition coefficient (Wildman–Crippen LogP) is 2.01. The van der Waals surface area contributed by atoms with Crippen LogP contribution in [0.25, 0.3) is 0 Å². The second-order valence-corrected chi connectivity index (χ2v) is 5.78. The summed E-state index contributed by atoms with van der Waals surface area (Å²) in [6, 6.07) is 0.00252. The number of nitrogens with zero attached hydrogens (tertiary/aromatic N) is 1. The van der Waals surface area contributed by atoms with Gasteiger partial charge in [0.15, 0.2) is 11.5 Å². The van der Waals surface area contributed by atoms with Crippen LogP contribution in [0.15, 0.2) is 4.52 Å². The zero-order valence-electron chi connectivity index (χ0n) is 14.3. The molecule has 0 aromatic carbocycles. The largest absolute Gasteiger partial charge is 0.388 e. The molecule has 1 unspecified atom stereocenters. The molecule has 0 aliphatic carbocycles. The third kappa shape index (κ3) is 3.87. The van der Waals surface area contributed by atoms with Crippen LogP contribution < -0.4 is 10.6 Å². The molecule has 6 heteroatoms. The molecule has 0 radical (unpaired) electrons. The summed E-state index contributed by atoms with van der Waals surface area (Å²) in [4.78, 5) is 12.4. The van der Waals surface area contributed by atoms with E-state index >= 15 is 0 Å². The maximum Gasteiger partial charge on any atom is 0.273 e. The number of hydrogen-bond acceptors (Lipinski definition) is 5. The van der Waals surface area contributed by atoms with Crippen LogP contribution in [0.1, 0.15) is 62.3 Å². The normalized spacial score (nSPS) is 13.2. The van der Waals surface area contributed by atoms with E-state index in [-0.39, 0.29) is 29.7 Å². The van der Waals surface area contributed by atoms with Crippen LogP contribution in [0, 0.1) is 12.3 Å². The summed E-state index contributed by atoms with van der Waals surface area (Å²) in [6.07, 6.45) is 1.94. The van der Waals surface area contributed by atoms with E-state index in [2.05, 4.69) is 36.6 Å². The Hall–Kier alpha value is -1.40. The average Bonchev–Trinajstić information content (AvgIpc) is 2.89. The summed E-state index contributed by atoms with van der Waals surface area (Å²) in [5, 5.41) is 19.3. The minimum Gasteiger partial charge on any atom is -0.388 e. The number of aliphatic hydroxyl groups is 1. The second-order valence-electron chi connectivity index (χ2n) is 5.78. The highest BCUT2D eigenvalue weighted by Gasteiger charge is 2.34. The first-order valence-corrected chi connectivity index (χ1v) is 8.03. The molecule has 0 saturated carbocycles. The predicted molar refractivity (Wildman–Crippen MR) is 85.6 cm³/mol. The lowest BCUT2D eigenvalue weighted by atomic mass is 9.76. The van der Waals surface area contributed by atoms with Gasteiger partial charge in [-0.3, -0.25) is 4.79 Å². The van der Waals surface area contributed by atoms with E-state index in [0.29, 0.717) is 11.3 Å². The van der Waals surface area contributed by atoms with Crippen molar-refractivity contribution in [1.82, 2.24) is 15.8 Å². The van der Waals surface area contributed by atoms with Gasteiger partial charge in [0.25, 0.3) is 5.91 Å². The lowest BCUT2D eigenvalue weighted by molar-refractivity contribution is 0.0863. The molecular weight excluding hydrogens is 282 g/mol. The molecule has 1 atom stereocenters. The van der Waals surface area contributed by atoms with Crippen LogP contribution >= 0.6 is 0 Å². The monoisotopic (exact) mass is 311 g/mol. The molecule has 1 rings (SSSR count). The van der Waals surface area contributed by atoms with Gasteiger partial charge in [-0.05, 0) is 33.2 Å². The van der Waals surface area contributed by atoms with E-state index in [9.17, 15) is 4.79 Å². The highest BCUT2D eigenvalue weighted by molar-refractivity contribution is 5.93. The fourth-order valence-corrected chi connectivity index (χ4v) is 2.79. The highest BCUT2D eigenvalue weighted by Crippen LogP contribution is 2.30. The van der Waals surface area contributed by atoms with E-state index in [1.54, 1.807) is 6.92 Å². The summed E-state index contributed by atoms with van der Waals surface area (Å²) in [6.45, 7) is 11.6. The smallest absolute Gasteiger partial charge is 0.273 e. The van der Waals surface area contributed by atoms with Gasteiger partial charge >= 0.3 is 0 Å². The van der Waals surface area contributed by atoms with Gasteiger partial charge in [0.05, 0.1) is 0 Å². The Morgan fingerprint density at radius 3 is 2.45 bits per heavy atom. The molecule has 1 heterocycles. The summed E-state index contributed by atoms with van der Waals surface area (Å²) in [5.41, 5.74) is 0.848. The van der Waals surface area contributed by atoms with Crippen LogP contribution in [0.4, 0.5) is 0 Å². The molecular formula is C16H29N3O3. The van der Waals surface area contributed by atoms with E-state index in [1.165, 1.54) is 0 Å². The van der Waals surface area contributed by atoms with Crippen LogP contribution in [0.3, 0.4) is 0 Å². The Morgan fingerprint density at radius 1 is 1.36 bits per heavy atom. The standard InChI is InChI=1S/C16H29N3O3/c1-6-16(7-2,10-17-8-3)12(5)18-15(21)14-11(4)13(9-20)22-19-14/h12,17,20H,6-10H2,1-5H3,(H,18,21). The Balaban J connectivity index is 2.85. The number of rotatable bonds is 9. The maximum absolute atomic E-state index is 12.4. The van der Waals surface area contributed by atoms with Gasteiger partial charge in [0, 0.05) is 23.6 Å². The van der Waals surface area contributed by atoms with Crippen molar-refractivity contribution in [3.8, 4) is 0 Å². The maximum atomic E-state index is 12.4. The Kier molecular flexibility index (Phi) is 7.03. The van der Waals surface area contributed by atoms with E-state index in [0.717, 1.165) is 25.9 Å². The van der Waals surface area contributed by atoms with Crippen LogP contribution in [-0.2, 0) is 6.61 Å². The summed E-state index contributed by atoms with van der Waals surface area (Å²) >= 11 is 0. The van der Waals surface area contributed by atoms with Crippen LogP contribution in [0.2, 0.25) is 0 Å². The molecule has 1 aromatic heterocycles. The minimum atomic E-state index is -0.254. The van der Waals surface area contributed by atoms with Gasteiger partial charge in [-0.2, -0.15) is 0 Å². The molecule has 0 bridgehead atoms. The third-order valence-corrected chi connectivity index (χ3v) is 4.78. The second kappa shape index (κ2) is 8.29. The van der Waals surface area contributed by atoms with E-state index < -0.39 is 0 Å². The molecule has 22 heavy (non-hydrogen) atoms. The van der Waals surface area contributed by atoms with Crippen molar-refractivity contribution in [2.45, 2.75) is 60.1 Å². The van der Waals surface area contributed by atoms with Gasteiger partial charge in [0.1, 0.15) is 6.61 Å². The minimum absolute atomic E-state index is 0.00252. The zero-order valence-corrected chi connectivity index (χ0v) is 14.3. The molecule has 1 aromatic rings. The van der Waals surface area contributed by atoms with Crippen molar-refractivity contribution in [2.75, 3.05) is 13.1 Å². The molecule has 0 fully saturated rings. The topological polar surface area (TPSA) is 87.4 Å². The van der Waals surface area contributed by atoms with Crippen molar-refractivity contribution >= 4 is 5.91 Å². The first-order valence-electron chi connectivity index (χ1n) is 8.03. The van der Waals surface area contributed by atoms with Crippen LogP contribution in [-0.4, -0.2) is 35.3 Å². The van der Waals surface area contributed by atoms with Crippen molar-refractivity contribution in [3.63, 3.8) is 0 Å². The molecule has 3 N–H and O–H groups in total. The Bertz CT molecular complexity index is 481. The van der Waals surface area contributed by atoms with Gasteiger partial charge in [0.2, 0.25) is 0 Å². The molecule has 1 amide bonds. The van der Waals surface area contributed by atoms with Crippen molar-refractivity contribution in [2.24, 2.45) is 5.41 Å². The lowest BCUT2D eigenvalue weighted by Gasteiger charge is -2.38. The fourth-order valence-electron chi connectivity index (χ4n) is 2.79. The number of carbonyl (C=O) groups is 1. The molecule has 0 spiro atoms. The highest BCUT2D eigenvalue weighted by atomic mass is 16.5. The number of hydrogen-bond donors (Lipinski definition) is 3. The SMILES string of the molecule is CCNCC(CC)(CC)C(C)NC(=O)c1noc(CO)c1C. The third-order valence-electron chi connectivity index (χ3n) is 4.78. The van der Waals surface area contributed by atoms with Crippen LogP contribution in [0.5, 0.6) is 0 Å². The fraction of sp³-hybridized carbons (Fsp3) is 0.750. The van der Waals surface area contributed by atoms with Gasteiger partial charge in [-0.25, -0.2) is 0 Å². The van der Waals surface area contributed by atoms with Crippen molar-refractivity contribution in [1.29, 1.82) is 0 Å². The molecule has 0 aliphatic heterocycles. The first-order chi connectivity index (χ1) is 10.5. The van der Waals surface area contributed by atoms with Gasteiger partial charge in [-0.1, -0.05) is 25.9 Å². The quantitative estimate of drug-likeness (QED) is 0.649. The van der Waals surface area contributed by atoms with Crippen molar-refractivity contribution < 1.29 is 14.4 Å².